The molecule has 1 aliphatic carbocycles. The zero-order valence-corrected chi connectivity index (χ0v) is 15.4. The molecule has 2 aromatic heterocycles. The van der Waals surface area contributed by atoms with Crippen molar-refractivity contribution in [1.82, 2.24) is 19.7 Å². The van der Waals surface area contributed by atoms with Gasteiger partial charge in [0.1, 0.15) is 0 Å². The van der Waals surface area contributed by atoms with Crippen molar-refractivity contribution in [2.75, 3.05) is 18.0 Å². The molecule has 0 radical (unpaired) electrons. The summed E-state index contributed by atoms with van der Waals surface area (Å²) < 4.78 is 8.24. The topological polar surface area (TPSA) is 60.0 Å². The summed E-state index contributed by atoms with van der Waals surface area (Å²) in [5.74, 6) is 3.24. The van der Waals surface area contributed by atoms with Crippen LogP contribution in [0.4, 0.5) is 5.95 Å². The van der Waals surface area contributed by atoms with E-state index in [1.165, 1.54) is 25.7 Å². The Morgan fingerprint density at radius 3 is 2.65 bits per heavy atom. The quantitative estimate of drug-likeness (QED) is 0.610. The standard InChI is InChI=1S/C19H21N5OS/c1-2-6-14(7-3-1)16-12-20-17(25-16)13-26-19-22-21-18(23-10-4-5-11-23)24(19)15-8-9-15/h1-3,6-7,12,15H,4-5,8-11,13H2. The first-order valence-corrected chi connectivity index (χ1v) is 10.2. The SMILES string of the molecule is c1ccc(-c2cnc(CSc3nnc(N4CCCC4)n3C3CC3)o2)cc1. The second-order valence-corrected chi connectivity index (χ2v) is 7.79. The highest BCUT2D eigenvalue weighted by atomic mass is 32.2. The number of anilines is 1. The summed E-state index contributed by atoms with van der Waals surface area (Å²) >= 11 is 1.66. The van der Waals surface area contributed by atoms with E-state index in [1.807, 2.05) is 30.3 Å². The van der Waals surface area contributed by atoms with Crippen LogP contribution in [0.5, 0.6) is 0 Å². The van der Waals surface area contributed by atoms with Crippen LogP contribution in [0, 0.1) is 0 Å². The third-order valence-corrected chi connectivity index (χ3v) is 5.81. The minimum Gasteiger partial charge on any atom is -0.440 e. The molecular weight excluding hydrogens is 346 g/mol. The second kappa shape index (κ2) is 6.79. The summed E-state index contributed by atoms with van der Waals surface area (Å²) in [6.45, 7) is 2.19. The van der Waals surface area contributed by atoms with Crippen molar-refractivity contribution in [2.24, 2.45) is 0 Å². The summed E-state index contributed by atoms with van der Waals surface area (Å²) in [6.07, 6.45) is 6.75. The molecule has 3 aromatic rings. The van der Waals surface area contributed by atoms with Gasteiger partial charge < -0.3 is 9.32 Å². The minimum atomic E-state index is 0.563. The molecule has 2 aliphatic rings. The fourth-order valence-electron chi connectivity index (χ4n) is 3.39. The van der Waals surface area contributed by atoms with Crippen molar-refractivity contribution in [3.05, 3.63) is 42.4 Å². The largest absolute Gasteiger partial charge is 0.440 e. The Labute approximate surface area is 156 Å². The van der Waals surface area contributed by atoms with Gasteiger partial charge in [-0.05, 0) is 25.7 Å². The summed E-state index contributed by atoms with van der Waals surface area (Å²) in [7, 11) is 0. The first-order chi connectivity index (χ1) is 12.9. The lowest BCUT2D eigenvalue weighted by molar-refractivity contribution is 0.529. The highest BCUT2D eigenvalue weighted by Gasteiger charge is 2.32. The molecule has 1 saturated heterocycles. The summed E-state index contributed by atoms with van der Waals surface area (Å²) in [5.41, 5.74) is 1.05. The molecule has 0 bridgehead atoms. The lowest BCUT2D eigenvalue weighted by Crippen LogP contribution is -2.22. The Balaban J connectivity index is 1.32. The Morgan fingerprint density at radius 1 is 1.08 bits per heavy atom. The van der Waals surface area contributed by atoms with E-state index in [4.69, 9.17) is 4.42 Å². The van der Waals surface area contributed by atoms with Crippen molar-refractivity contribution in [2.45, 2.75) is 42.6 Å². The lowest BCUT2D eigenvalue weighted by atomic mass is 10.2. The van der Waals surface area contributed by atoms with E-state index >= 15 is 0 Å². The Hall–Kier alpha value is -2.28. The maximum absolute atomic E-state index is 5.91. The van der Waals surface area contributed by atoms with Crippen LogP contribution in [-0.2, 0) is 5.75 Å². The Morgan fingerprint density at radius 2 is 1.88 bits per heavy atom. The van der Waals surface area contributed by atoms with Gasteiger partial charge in [0.2, 0.25) is 11.8 Å². The van der Waals surface area contributed by atoms with Gasteiger partial charge in [-0.1, -0.05) is 42.1 Å². The van der Waals surface area contributed by atoms with Gasteiger partial charge in [0.25, 0.3) is 0 Å². The number of hydrogen-bond donors (Lipinski definition) is 0. The van der Waals surface area contributed by atoms with Gasteiger partial charge in [-0.15, -0.1) is 10.2 Å². The van der Waals surface area contributed by atoms with E-state index in [2.05, 4.69) is 24.6 Å². The number of oxazole rings is 1. The van der Waals surface area contributed by atoms with Gasteiger partial charge in [-0.3, -0.25) is 4.57 Å². The van der Waals surface area contributed by atoms with Crippen LogP contribution in [-0.4, -0.2) is 32.8 Å². The molecule has 7 heteroatoms. The zero-order chi connectivity index (χ0) is 17.3. The maximum Gasteiger partial charge on any atom is 0.228 e. The normalized spacial score (nSPS) is 17.2. The van der Waals surface area contributed by atoms with Gasteiger partial charge in [-0.2, -0.15) is 0 Å². The molecule has 1 aromatic carbocycles. The van der Waals surface area contributed by atoms with Crippen LogP contribution in [0.1, 0.15) is 37.6 Å². The van der Waals surface area contributed by atoms with Crippen LogP contribution >= 0.6 is 11.8 Å². The average Bonchev–Trinajstić information content (AvgIpc) is 3.10. The molecule has 2 fully saturated rings. The molecule has 6 nitrogen and oxygen atoms in total. The monoisotopic (exact) mass is 367 g/mol. The van der Waals surface area contributed by atoms with Crippen molar-refractivity contribution < 1.29 is 4.42 Å². The maximum atomic E-state index is 5.91. The highest BCUT2D eigenvalue weighted by Crippen LogP contribution is 2.41. The van der Waals surface area contributed by atoms with Gasteiger partial charge in [0.15, 0.2) is 10.9 Å². The van der Waals surface area contributed by atoms with Crippen molar-refractivity contribution in [1.29, 1.82) is 0 Å². The van der Waals surface area contributed by atoms with Gasteiger partial charge >= 0.3 is 0 Å². The van der Waals surface area contributed by atoms with E-state index in [-0.39, 0.29) is 0 Å². The third-order valence-electron chi connectivity index (χ3n) is 4.88. The molecule has 0 N–H and O–H groups in total. The molecule has 1 aliphatic heterocycles. The predicted octanol–water partition coefficient (Wildman–Crippen LogP) is 4.16. The predicted molar refractivity (Wildman–Crippen MR) is 101 cm³/mol. The molecule has 0 unspecified atom stereocenters. The summed E-state index contributed by atoms with van der Waals surface area (Å²) in [5, 5.41) is 9.94. The molecule has 26 heavy (non-hydrogen) atoms. The molecule has 134 valence electrons. The van der Waals surface area contributed by atoms with Crippen molar-refractivity contribution in [3.63, 3.8) is 0 Å². The average molecular weight is 367 g/mol. The van der Waals surface area contributed by atoms with Crippen LogP contribution in [0.3, 0.4) is 0 Å². The molecular formula is C19H21N5OS. The first-order valence-electron chi connectivity index (χ1n) is 9.21. The van der Waals surface area contributed by atoms with Gasteiger partial charge in [0.05, 0.1) is 11.9 Å². The molecule has 5 rings (SSSR count). The zero-order valence-electron chi connectivity index (χ0n) is 14.5. The number of hydrogen-bond acceptors (Lipinski definition) is 6. The van der Waals surface area contributed by atoms with E-state index in [0.29, 0.717) is 11.8 Å². The van der Waals surface area contributed by atoms with Crippen LogP contribution in [0.15, 0.2) is 46.1 Å². The third kappa shape index (κ3) is 3.11. The Kier molecular flexibility index (Phi) is 4.16. The first kappa shape index (κ1) is 15.9. The molecule has 0 atom stereocenters. The van der Waals surface area contributed by atoms with Gasteiger partial charge in [-0.25, -0.2) is 4.98 Å². The summed E-state index contributed by atoms with van der Waals surface area (Å²) in [6, 6.07) is 10.6. The minimum absolute atomic E-state index is 0.563. The van der Waals surface area contributed by atoms with E-state index < -0.39 is 0 Å². The number of aromatic nitrogens is 4. The van der Waals surface area contributed by atoms with E-state index in [1.54, 1.807) is 18.0 Å². The molecule has 1 saturated carbocycles. The van der Waals surface area contributed by atoms with Gasteiger partial charge in [0, 0.05) is 24.7 Å². The fourth-order valence-corrected chi connectivity index (χ4v) is 4.25. The number of thioether (sulfide) groups is 1. The van der Waals surface area contributed by atoms with Crippen LogP contribution in [0.2, 0.25) is 0 Å². The smallest absolute Gasteiger partial charge is 0.228 e. The Bertz CT molecular complexity index is 880. The van der Waals surface area contributed by atoms with Crippen LogP contribution in [0.25, 0.3) is 11.3 Å². The number of rotatable bonds is 6. The second-order valence-electron chi connectivity index (χ2n) is 6.85. The van der Waals surface area contributed by atoms with Crippen LogP contribution < -0.4 is 4.90 Å². The molecule has 0 spiro atoms. The highest BCUT2D eigenvalue weighted by molar-refractivity contribution is 7.98. The molecule has 0 amide bonds. The van der Waals surface area contributed by atoms with Crippen molar-refractivity contribution >= 4 is 17.7 Å². The fraction of sp³-hybridized carbons (Fsp3) is 0.421. The number of benzene rings is 1. The number of nitrogens with zero attached hydrogens (tertiary/aromatic N) is 5. The lowest BCUT2D eigenvalue weighted by Gasteiger charge is -2.17. The van der Waals surface area contributed by atoms with Crippen molar-refractivity contribution in [3.8, 4) is 11.3 Å². The summed E-state index contributed by atoms with van der Waals surface area (Å²) in [4.78, 5) is 6.80. The van der Waals surface area contributed by atoms with E-state index in [9.17, 15) is 0 Å². The molecule has 3 heterocycles. The van der Waals surface area contributed by atoms with E-state index in [0.717, 1.165) is 41.4 Å².